The molecule has 3 heterocycles. The van der Waals surface area contributed by atoms with Crippen molar-refractivity contribution in [2.45, 2.75) is 6.54 Å². The summed E-state index contributed by atoms with van der Waals surface area (Å²) in [6.07, 6.45) is 0. The van der Waals surface area contributed by atoms with Gasteiger partial charge in [0.2, 0.25) is 0 Å². The minimum atomic E-state index is -0.481. The number of nitrogens with one attached hydrogen (secondary N) is 2. The van der Waals surface area contributed by atoms with Gasteiger partial charge in [0.15, 0.2) is 5.01 Å². The number of carbonyl (C=O) groups is 1. The molecule has 0 fully saturated rings. The maximum Gasteiger partial charge on any atom is 0.328 e. The lowest BCUT2D eigenvalue weighted by Crippen LogP contribution is -2.38. The van der Waals surface area contributed by atoms with Gasteiger partial charge in [-0.05, 0) is 23.6 Å². The van der Waals surface area contributed by atoms with Crippen LogP contribution in [0.5, 0.6) is 0 Å². The van der Waals surface area contributed by atoms with Crippen molar-refractivity contribution in [1.29, 1.82) is 0 Å². The molecule has 4 rings (SSSR count). The molecule has 7 nitrogen and oxygen atoms in total. The Morgan fingerprint density at radius 3 is 2.92 bits per heavy atom. The van der Waals surface area contributed by atoms with Gasteiger partial charge >= 0.3 is 5.69 Å². The zero-order valence-electron chi connectivity index (χ0n) is 12.8. The molecule has 1 aromatic carbocycles. The number of rotatable bonds is 4. The highest BCUT2D eigenvalue weighted by atomic mass is 32.1. The molecule has 0 saturated carbocycles. The van der Waals surface area contributed by atoms with Gasteiger partial charge in [-0.3, -0.25) is 14.2 Å². The first kappa shape index (κ1) is 15.7. The molecule has 25 heavy (non-hydrogen) atoms. The Balaban J connectivity index is 1.49. The number of thiophene rings is 1. The molecule has 126 valence electrons. The molecule has 0 aliphatic rings. The normalized spacial score (nSPS) is 11.2. The molecule has 9 heteroatoms. The number of aromatic nitrogens is 3. The van der Waals surface area contributed by atoms with E-state index < -0.39 is 5.69 Å². The summed E-state index contributed by atoms with van der Waals surface area (Å²) in [5.74, 6) is -0.317. The van der Waals surface area contributed by atoms with Crippen LogP contribution in [0.15, 0.2) is 45.3 Å². The van der Waals surface area contributed by atoms with Crippen molar-refractivity contribution in [2.75, 3.05) is 6.54 Å². The first-order valence-corrected chi connectivity index (χ1v) is 9.17. The highest BCUT2D eigenvalue weighted by molar-refractivity contribution is 7.20. The lowest BCUT2D eigenvalue weighted by Gasteiger charge is -2.05. The van der Waals surface area contributed by atoms with Crippen LogP contribution in [0.2, 0.25) is 0 Å². The predicted octanol–water partition coefficient (Wildman–Crippen LogP) is 1.79. The van der Waals surface area contributed by atoms with Crippen LogP contribution in [-0.4, -0.2) is 27.0 Å². The summed E-state index contributed by atoms with van der Waals surface area (Å²) in [5.41, 5.74) is 0.483. The Hall–Kier alpha value is -2.78. The van der Waals surface area contributed by atoms with Crippen molar-refractivity contribution in [2.24, 2.45) is 0 Å². The van der Waals surface area contributed by atoms with Gasteiger partial charge in [0.25, 0.3) is 11.5 Å². The summed E-state index contributed by atoms with van der Waals surface area (Å²) in [4.78, 5) is 43.5. The van der Waals surface area contributed by atoms with E-state index in [1.165, 1.54) is 22.7 Å². The molecule has 0 spiro atoms. The molecular weight excluding hydrogens is 360 g/mol. The van der Waals surface area contributed by atoms with Crippen molar-refractivity contribution >= 4 is 49.0 Å². The van der Waals surface area contributed by atoms with Gasteiger partial charge < -0.3 is 10.3 Å². The van der Waals surface area contributed by atoms with Crippen LogP contribution in [0, 0.1) is 0 Å². The lowest BCUT2D eigenvalue weighted by molar-refractivity contribution is 0.0952. The number of H-pyrrole nitrogens is 1. The van der Waals surface area contributed by atoms with E-state index in [9.17, 15) is 14.4 Å². The molecule has 3 aromatic heterocycles. The van der Waals surface area contributed by atoms with E-state index in [-0.39, 0.29) is 24.6 Å². The van der Waals surface area contributed by atoms with Gasteiger partial charge in [-0.1, -0.05) is 12.1 Å². The zero-order valence-corrected chi connectivity index (χ0v) is 14.4. The highest BCUT2D eigenvalue weighted by Gasteiger charge is 2.13. The van der Waals surface area contributed by atoms with E-state index in [4.69, 9.17) is 0 Å². The fourth-order valence-electron chi connectivity index (χ4n) is 2.50. The molecule has 0 unspecified atom stereocenters. The van der Waals surface area contributed by atoms with Crippen molar-refractivity contribution < 1.29 is 4.79 Å². The number of hydrogen-bond donors (Lipinski definition) is 2. The van der Waals surface area contributed by atoms with E-state index in [0.717, 1.165) is 14.8 Å². The molecule has 0 saturated heterocycles. The van der Waals surface area contributed by atoms with Crippen LogP contribution in [0.4, 0.5) is 0 Å². The third-order valence-corrected chi connectivity index (χ3v) is 5.64. The number of benzene rings is 1. The SMILES string of the molecule is O=C(NCCn1c(=O)[nH]c2ccsc2c1=O)c1nc2ccccc2s1. The Kier molecular flexibility index (Phi) is 3.94. The largest absolute Gasteiger partial charge is 0.348 e. The minimum absolute atomic E-state index is 0.0959. The molecule has 2 N–H and O–H groups in total. The van der Waals surface area contributed by atoms with E-state index in [0.29, 0.717) is 15.2 Å². The predicted molar refractivity (Wildman–Crippen MR) is 98.7 cm³/mol. The number of fused-ring (bicyclic) bond motifs is 2. The van der Waals surface area contributed by atoms with Crippen LogP contribution in [0.25, 0.3) is 20.4 Å². The Bertz CT molecular complexity index is 1170. The lowest BCUT2D eigenvalue weighted by atomic mass is 10.3. The number of hydrogen-bond acceptors (Lipinski definition) is 6. The van der Waals surface area contributed by atoms with Gasteiger partial charge in [-0.2, -0.15) is 0 Å². The van der Waals surface area contributed by atoms with E-state index in [2.05, 4.69) is 15.3 Å². The Morgan fingerprint density at radius 2 is 2.08 bits per heavy atom. The molecule has 0 atom stereocenters. The molecule has 1 amide bonds. The molecular formula is C16H12N4O3S2. The summed E-state index contributed by atoms with van der Waals surface area (Å²) in [6, 6.07) is 9.20. The highest BCUT2D eigenvalue weighted by Crippen LogP contribution is 2.21. The maximum absolute atomic E-state index is 12.3. The number of thiazole rings is 1. The second-order valence-electron chi connectivity index (χ2n) is 5.29. The van der Waals surface area contributed by atoms with Crippen LogP contribution in [0.3, 0.4) is 0 Å². The van der Waals surface area contributed by atoms with E-state index >= 15 is 0 Å². The molecule has 0 aliphatic carbocycles. The summed E-state index contributed by atoms with van der Waals surface area (Å²) < 4.78 is 2.53. The standard InChI is InChI=1S/C16H12N4O3S2/c21-13(14-18-9-3-1-2-4-11(9)25-14)17-6-7-20-15(22)12-10(5-8-24-12)19-16(20)23/h1-5,8H,6-7H2,(H,17,21)(H,19,23). The van der Waals surface area contributed by atoms with Gasteiger partial charge in [0, 0.05) is 13.1 Å². The second kappa shape index (κ2) is 6.26. The van der Waals surface area contributed by atoms with Gasteiger partial charge in [-0.25, -0.2) is 9.78 Å². The monoisotopic (exact) mass is 372 g/mol. The van der Waals surface area contributed by atoms with E-state index in [1.54, 1.807) is 11.4 Å². The minimum Gasteiger partial charge on any atom is -0.348 e. The zero-order chi connectivity index (χ0) is 17.4. The quantitative estimate of drug-likeness (QED) is 0.571. The third kappa shape index (κ3) is 2.87. The summed E-state index contributed by atoms with van der Waals surface area (Å²) in [6.45, 7) is 0.257. The number of carbonyl (C=O) groups excluding carboxylic acids is 1. The van der Waals surface area contributed by atoms with Gasteiger partial charge in [0.1, 0.15) is 4.70 Å². The second-order valence-corrected chi connectivity index (χ2v) is 7.24. The Morgan fingerprint density at radius 1 is 1.24 bits per heavy atom. The van der Waals surface area contributed by atoms with Crippen LogP contribution >= 0.6 is 22.7 Å². The summed E-state index contributed by atoms with van der Waals surface area (Å²) in [7, 11) is 0. The van der Waals surface area contributed by atoms with Crippen LogP contribution < -0.4 is 16.6 Å². The fourth-order valence-corrected chi connectivity index (χ4v) is 4.18. The van der Waals surface area contributed by atoms with Crippen molar-refractivity contribution in [3.8, 4) is 0 Å². The number of para-hydroxylation sites is 1. The number of amides is 1. The van der Waals surface area contributed by atoms with Crippen molar-refractivity contribution in [3.05, 3.63) is 61.6 Å². The van der Waals surface area contributed by atoms with Gasteiger partial charge in [-0.15, -0.1) is 22.7 Å². The molecule has 0 radical (unpaired) electrons. The maximum atomic E-state index is 12.3. The smallest absolute Gasteiger partial charge is 0.328 e. The average Bonchev–Trinajstić information content (AvgIpc) is 3.23. The van der Waals surface area contributed by atoms with Crippen molar-refractivity contribution in [3.63, 3.8) is 0 Å². The number of nitrogens with zero attached hydrogens (tertiary/aromatic N) is 2. The Labute approximate surface area is 148 Å². The fraction of sp³-hybridized carbons (Fsp3) is 0.125. The topological polar surface area (TPSA) is 96.9 Å². The third-order valence-electron chi connectivity index (χ3n) is 3.70. The van der Waals surface area contributed by atoms with Gasteiger partial charge in [0.05, 0.1) is 15.7 Å². The van der Waals surface area contributed by atoms with Crippen molar-refractivity contribution in [1.82, 2.24) is 19.9 Å². The summed E-state index contributed by atoms with van der Waals surface area (Å²) in [5, 5.41) is 4.81. The first-order valence-electron chi connectivity index (χ1n) is 7.47. The molecule has 0 aliphatic heterocycles. The molecule has 0 bridgehead atoms. The number of aromatic amines is 1. The summed E-state index contributed by atoms with van der Waals surface area (Å²) >= 11 is 2.58. The average molecular weight is 372 g/mol. The van der Waals surface area contributed by atoms with Crippen LogP contribution in [-0.2, 0) is 6.54 Å². The first-order chi connectivity index (χ1) is 12.1. The van der Waals surface area contributed by atoms with Crippen LogP contribution in [0.1, 0.15) is 9.80 Å². The molecule has 4 aromatic rings. The van der Waals surface area contributed by atoms with E-state index in [1.807, 2.05) is 24.3 Å².